The summed E-state index contributed by atoms with van der Waals surface area (Å²) in [5.41, 5.74) is 3.11. The number of methoxy groups -OCH3 is 4. The molecule has 0 fully saturated rings. The maximum Gasteiger partial charge on any atom is 0.355 e. The highest BCUT2D eigenvalue weighted by Crippen LogP contribution is 2.41. The number of carbonyl (C=O) groups is 1. The highest BCUT2D eigenvalue weighted by molar-refractivity contribution is 6.09. The number of carbonyl (C=O) groups excluding carboxylic acids is 1. The minimum Gasteiger partial charge on any atom is -0.497 e. The van der Waals surface area contributed by atoms with Gasteiger partial charge >= 0.3 is 5.97 Å². The van der Waals surface area contributed by atoms with Crippen LogP contribution < -0.4 is 14.2 Å². The molecule has 0 aliphatic carbocycles. The van der Waals surface area contributed by atoms with Gasteiger partial charge in [0.1, 0.15) is 11.4 Å². The quantitative estimate of drug-likeness (QED) is 0.561. The zero-order chi connectivity index (χ0) is 20.3. The standard InChI is InChI=1S/C22H25NO5/c1-6-11-23-17-13-19(27-4)18(26-3)12-16(17)20(21(23)22(24)28-5)14-7-9-15(25-2)10-8-14/h7-10,12-13H,6,11H2,1-5H3. The van der Waals surface area contributed by atoms with Crippen LogP contribution in [0.15, 0.2) is 36.4 Å². The van der Waals surface area contributed by atoms with Crippen LogP contribution in [0.2, 0.25) is 0 Å². The second-order valence-corrected chi connectivity index (χ2v) is 6.32. The molecule has 0 unspecified atom stereocenters. The number of nitrogens with zero attached hydrogens (tertiary/aromatic N) is 1. The third-order valence-corrected chi connectivity index (χ3v) is 4.77. The smallest absolute Gasteiger partial charge is 0.355 e. The predicted molar refractivity (Wildman–Crippen MR) is 109 cm³/mol. The van der Waals surface area contributed by atoms with Crippen molar-refractivity contribution in [3.05, 3.63) is 42.1 Å². The Morgan fingerprint density at radius 1 is 0.929 bits per heavy atom. The molecule has 0 atom stereocenters. The third kappa shape index (κ3) is 3.26. The Kier molecular flexibility index (Phi) is 5.78. The van der Waals surface area contributed by atoms with Gasteiger partial charge < -0.3 is 23.5 Å². The summed E-state index contributed by atoms with van der Waals surface area (Å²) in [6.45, 7) is 2.74. The van der Waals surface area contributed by atoms with Gasteiger partial charge in [-0.25, -0.2) is 4.79 Å². The van der Waals surface area contributed by atoms with E-state index in [2.05, 4.69) is 6.92 Å². The predicted octanol–water partition coefficient (Wildman–Crippen LogP) is 4.53. The maximum atomic E-state index is 12.8. The van der Waals surface area contributed by atoms with Crippen molar-refractivity contribution in [1.82, 2.24) is 4.57 Å². The van der Waals surface area contributed by atoms with Gasteiger partial charge in [-0.05, 0) is 30.2 Å². The van der Waals surface area contributed by atoms with Gasteiger partial charge in [0, 0.05) is 23.6 Å². The van der Waals surface area contributed by atoms with Crippen molar-refractivity contribution < 1.29 is 23.7 Å². The molecule has 0 aliphatic rings. The molecule has 0 aliphatic heterocycles. The first-order valence-electron chi connectivity index (χ1n) is 9.10. The van der Waals surface area contributed by atoms with Gasteiger partial charge in [0.25, 0.3) is 0 Å². The summed E-state index contributed by atoms with van der Waals surface area (Å²) in [5.74, 6) is 1.59. The first-order valence-corrected chi connectivity index (χ1v) is 9.10. The summed E-state index contributed by atoms with van der Waals surface area (Å²) in [6.07, 6.45) is 0.865. The third-order valence-electron chi connectivity index (χ3n) is 4.77. The Balaban J connectivity index is 2.42. The van der Waals surface area contributed by atoms with Gasteiger partial charge in [-0.2, -0.15) is 0 Å². The zero-order valence-corrected chi connectivity index (χ0v) is 16.9. The Bertz CT molecular complexity index is 989. The Hall–Kier alpha value is -3.15. The van der Waals surface area contributed by atoms with Crippen molar-refractivity contribution in [3.63, 3.8) is 0 Å². The topological polar surface area (TPSA) is 58.9 Å². The summed E-state index contributed by atoms with van der Waals surface area (Å²) in [4.78, 5) is 12.8. The van der Waals surface area contributed by atoms with Crippen molar-refractivity contribution in [2.24, 2.45) is 0 Å². The first kappa shape index (κ1) is 19.6. The molecule has 0 radical (unpaired) electrons. The second-order valence-electron chi connectivity index (χ2n) is 6.32. The Labute approximate surface area is 164 Å². The maximum absolute atomic E-state index is 12.8. The van der Waals surface area contributed by atoms with Crippen LogP contribution >= 0.6 is 0 Å². The largest absolute Gasteiger partial charge is 0.497 e. The number of hydrogen-bond acceptors (Lipinski definition) is 5. The minimum atomic E-state index is -0.381. The fourth-order valence-electron chi connectivity index (χ4n) is 3.49. The molecule has 0 bridgehead atoms. The lowest BCUT2D eigenvalue weighted by Gasteiger charge is -2.10. The zero-order valence-electron chi connectivity index (χ0n) is 16.9. The number of hydrogen-bond donors (Lipinski definition) is 0. The number of aromatic nitrogens is 1. The van der Waals surface area contributed by atoms with Crippen molar-refractivity contribution in [3.8, 4) is 28.4 Å². The molecule has 0 amide bonds. The van der Waals surface area contributed by atoms with E-state index in [1.165, 1.54) is 7.11 Å². The summed E-state index contributed by atoms with van der Waals surface area (Å²) >= 11 is 0. The number of fused-ring (bicyclic) bond motifs is 1. The van der Waals surface area contributed by atoms with Gasteiger partial charge in [0.05, 0.1) is 34.0 Å². The second kappa shape index (κ2) is 8.25. The molecular formula is C22H25NO5. The summed E-state index contributed by atoms with van der Waals surface area (Å²) < 4.78 is 23.4. The van der Waals surface area contributed by atoms with Crippen LogP contribution in [-0.2, 0) is 11.3 Å². The van der Waals surface area contributed by atoms with Gasteiger partial charge in [-0.1, -0.05) is 19.1 Å². The van der Waals surface area contributed by atoms with E-state index in [9.17, 15) is 4.79 Å². The van der Waals surface area contributed by atoms with E-state index in [0.717, 1.165) is 34.2 Å². The van der Waals surface area contributed by atoms with Crippen molar-refractivity contribution >= 4 is 16.9 Å². The molecule has 2 aromatic carbocycles. The molecule has 6 heteroatoms. The van der Waals surface area contributed by atoms with Crippen molar-refractivity contribution in [2.75, 3.05) is 28.4 Å². The molecule has 0 saturated heterocycles. The molecular weight excluding hydrogens is 358 g/mol. The molecule has 3 aromatic rings. The molecule has 1 aromatic heterocycles. The molecule has 0 N–H and O–H groups in total. The van der Waals surface area contributed by atoms with Crippen molar-refractivity contribution in [2.45, 2.75) is 19.9 Å². The Morgan fingerprint density at radius 3 is 2.11 bits per heavy atom. The Morgan fingerprint density at radius 2 is 1.57 bits per heavy atom. The lowest BCUT2D eigenvalue weighted by atomic mass is 10.0. The van der Waals surface area contributed by atoms with Gasteiger partial charge in [-0.15, -0.1) is 0 Å². The lowest BCUT2D eigenvalue weighted by molar-refractivity contribution is 0.0590. The fraction of sp³-hybridized carbons (Fsp3) is 0.318. The highest BCUT2D eigenvalue weighted by Gasteiger charge is 2.26. The van der Waals surface area contributed by atoms with E-state index < -0.39 is 0 Å². The molecule has 3 rings (SSSR count). The van der Waals surface area contributed by atoms with Crippen LogP contribution in [0.5, 0.6) is 17.2 Å². The van der Waals surface area contributed by atoms with Crippen LogP contribution in [0.25, 0.3) is 22.0 Å². The van der Waals surface area contributed by atoms with E-state index in [4.69, 9.17) is 18.9 Å². The van der Waals surface area contributed by atoms with Gasteiger partial charge in [0.15, 0.2) is 11.5 Å². The normalized spacial score (nSPS) is 10.8. The fourth-order valence-corrected chi connectivity index (χ4v) is 3.49. The number of benzene rings is 2. The number of aryl methyl sites for hydroxylation is 1. The van der Waals surface area contributed by atoms with E-state index in [-0.39, 0.29) is 5.97 Å². The average molecular weight is 383 g/mol. The van der Waals surface area contributed by atoms with Crippen LogP contribution in [0.4, 0.5) is 0 Å². The first-order chi connectivity index (χ1) is 13.6. The van der Waals surface area contributed by atoms with E-state index in [1.807, 2.05) is 41.0 Å². The average Bonchev–Trinajstić information content (AvgIpc) is 3.05. The molecule has 148 valence electrons. The molecule has 0 spiro atoms. The van der Waals surface area contributed by atoms with E-state index >= 15 is 0 Å². The van der Waals surface area contributed by atoms with Crippen molar-refractivity contribution in [1.29, 1.82) is 0 Å². The molecule has 28 heavy (non-hydrogen) atoms. The summed E-state index contributed by atoms with van der Waals surface area (Å²) in [6, 6.07) is 11.4. The van der Waals surface area contributed by atoms with Crippen LogP contribution in [0.1, 0.15) is 23.8 Å². The molecule has 6 nitrogen and oxygen atoms in total. The number of rotatable bonds is 7. The van der Waals surface area contributed by atoms with Crippen LogP contribution in [-0.4, -0.2) is 39.0 Å². The SMILES string of the molecule is CCCn1c(C(=O)OC)c(-c2ccc(OC)cc2)c2cc(OC)c(OC)cc21. The van der Waals surface area contributed by atoms with Crippen LogP contribution in [0.3, 0.4) is 0 Å². The number of ether oxygens (including phenoxy) is 4. The molecule has 1 heterocycles. The highest BCUT2D eigenvalue weighted by atomic mass is 16.5. The van der Waals surface area contributed by atoms with E-state index in [0.29, 0.717) is 23.7 Å². The molecule has 0 saturated carbocycles. The lowest BCUT2D eigenvalue weighted by Crippen LogP contribution is -2.11. The van der Waals surface area contributed by atoms with Gasteiger partial charge in [-0.3, -0.25) is 0 Å². The summed E-state index contributed by atoms with van der Waals surface area (Å²) in [7, 11) is 6.22. The number of esters is 1. The van der Waals surface area contributed by atoms with Crippen LogP contribution in [0, 0.1) is 0 Å². The summed E-state index contributed by atoms with van der Waals surface area (Å²) in [5, 5.41) is 0.900. The van der Waals surface area contributed by atoms with E-state index in [1.54, 1.807) is 21.3 Å². The minimum absolute atomic E-state index is 0.381. The van der Waals surface area contributed by atoms with Gasteiger partial charge in [0.2, 0.25) is 0 Å². The monoisotopic (exact) mass is 383 g/mol.